The second-order valence-corrected chi connectivity index (χ2v) is 16.2. The molecule has 57 heavy (non-hydrogen) atoms. The van der Waals surface area contributed by atoms with Gasteiger partial charge in [0.05, 0.1) is 17.1 Å². The molecule has 0 aliphatic rings. The number of aryl methyl sites for hydroxylation is 2. The summed E-state index contributed by atoms with van der Waals surface area (Å²) in [7, 11) is 0. The molecule has 0 bridgehead atoms. The van der Waals surface area contributed by atoms with Crippen LogP contribution < -0.4 is 0 Å². The van der Waals surface area contributed by atoms with E-state index >= 15 is 0 Å². The first-order valence-corrected chi connectivity index (χ1v) is 24.0. The fourth-order valence-electron chi connectivity index (χ4n) is 7.33. The molecule has 2 nitrogen and oxygen atoms in total. The van der Waals surface area contributed by atoms with Crippen molar-refractivity contribution in [3.63, 3.8) is 0 Å². The van der Waals surface area contributed by atoms with Gasteiger partial charge in [-0.25, -0.2) is 0 Å². The molecule has 0 aromatic heterocycles. The van der Waals surface area contributed by atoms with Crippen molar-refractivity contribution in [3.8, 4) is 23.7 Å². The molecular weight excluding hydrogens is 735 g/mol. The first-order valence-electron chi connectivity index (χ1n) is 24.0. The summed E-state index contributed by atoms with van der Waals surface area (Å²) in [5.41, 5.74) is 5.82. The van der Waals surface area contributed by atoms with Crippen LogP contribution in [0.15, 0.2) is 58.5 Å². The van der Waals surface area contributed by atoms with Crippen molar-refractivity contribution in [1.29, 1.82) is 0 Å². The average Bonchev–Trinajstić information content (AvgIpc) is 3.22. The molecule has 0 amide bonds. The minimum Gasteiger partial charge on any atom is -0.255 e. The second kappa shape index (κ2) is 40.2. The molecule has 0 saturated carbocycles. The van der Waals surface area contributed by atoms with Crippen LogP contribution in [0.5, 0.6) is 0 Å². The molecular formula is C54H84N2Ni. The molecule has 0 heterocycles. The third-order valence-electron chi connectivity index (χ3n) is 10.9. The van der Waals surface area contributed by atoms with Gasteiger partial charge in [0.15, 0.2) is 0 Å². The van der Waals surface area contributed by atoms with E-state index < -0.39 is 0 Å². The Morgan fingerprint density at radius 3 is 1.21 bits per heavy atom. The van der Waals surface area contributed by atoms with Crippen molar-refractivity contribution in [2.24, 2.45) is 9.98 Å². The minimum absolute atomic E-state index is 0. The van der Waals surface area contributed by atoms with E-state index in [1.807, 2.05) is 6.21 Å². The maximum absolute atomic E-state index is 5.19. The number of unbranched alkanes of at least 4 members (excludes halogenated alkanes) is 25. The Morgan fingerprint density at radius 2 is 0.772 bits per heavy atom. The van der Waals surface area contributed by atoms with Gasteiger partial charge in [-0.2, -0.15) is 0 Å². The van der Waals surface area contributed by atoms with Gasteiger partial charge in [0.2, 0.25) is 0 Å². The van der Waals surface area contributed by atoms with Gasteiger partial charge >= 0.3 is 0 Å². The number of hydrogen-bond acceptors (Lipinski definition) is 2. The molecule has 0 spiro atoms. The summed E-state index contributed by atoms with van der Waals surface area (Å²) in [6, 6.07) is 17.3. The molecule has 3 heteroatoms. The molecule has 2 aromatic rings. The Labute approximate surface area is 364 Å². The fraction of sp³-hybridized carbons (Fsp3) is 0.667. The van der Waals surface area contributed by atoms with Crippen molar-refractivity contribution in [1.82, 2.24) is 0 Å². The van der Waals surface area contributed by atoms with Crippen molar-refractivity contribution in [3.05, 3.63) is 59.7 Å². The standard InChI is InChI=1S/C54H84N2.Ni/c1-4-7-10-12-14-16-18-20-22-24-26-28-30-32-34-36-42-50-44-38-40-47-53(50)55-49-52(46-9-6-3)56-54-48-41-39-45-51(54)43-37-35-33-31-29-27-25-23-21-19-17-15-13-11-8-5-2;/h38-41,44-45,47-49H,4-29,34-37,42-43,46H2,1-3H3;. The van der Waals surface area contributed by atoms with Crippen LogP contribution in [0, 0.1) is 23.7 Å². The Kier molecular flexibility index (Phi) is 37.0. The zero-order chi connectivity index (χ0) is 39.8. The van der Waals surface area contributed by atoms with Crippen LogP contribution in [-0.4, -0.2) is 11.9 Å². The SMILES string of the molecule is CCCCCCCCCCCCCC#CCCCc1ccccc1N=CC(CCCC)=Nc1ccccc1CCCC#CCCCCCCCCCCCCC.[Ni]. The normalized spacial score (nSPS) is 11.2. The molecule has 320 valence electrons. The smallest absolute Gasteiger partial charge is 0.0665 e. The van der Waals surface area contributed by atoms with E-state index in [1.54, 1.807) is 0 Å². The first-order chi connectivity index (χ1) is 27.8. The van der Waals surface area contributed by atoms with E-state index in [0.717, 1.165) is 87.7 Å². The van der Waals surface area contributed by atoms with Crippen LogP contribution in [0.4, 0.5) is 11.4 Å². The van der Waals surface area contributed by atoms with Gasteiger partial charge in [-0.15, -0.1) is 23.7 Å². The average molecular weight is 820 g/mol. The molecule has 0 atom stereocenters. The monoisotopic (exact) mass is 819 g/mol. The topological polar surface area (TPSA) is 24.7 Å². The zero-order valence-electron chi connectivity index (χ0n) is 37.2. The van der Waals surface area contributed by atoms with Crippen LogP contribution >= 0.6 is 0 Å². The zero-order valence-corrected chi connectivity index (χ0v) is 38.2. The van der Waals surface area contributed by atoms with E-state index in [-0.39, 0.29) is 16.5 Å². The Bertz CT molecular complexity index is 1400. The summed E-state index contributed by atoms with van der Waals surface area (Å²) >= 11 is 0. The predicted octanol–water partition coefficient (Wildman–Crippen LogP) is 17.4. The van der Waals surface area contributed by atoms with E-state index in [0.29, 0.717) is 0 Å². The van der Waals surface area contributed by atoms with Crippen LogP contribution in [0.1, 0.15) is 231 Å². The molecule has 0 fully saturated rings. The third-order valence-corrected chi connectivity index (χ3v) is 10.9. The first kappa shape index (κ1) is 52.4. The molecule has 0 radical (unpaired) electrons. The minimum atomic E-state index is 0. The largest absolute Gasteiger partial charge is 0.255 e. The Balaban J connectivity index is 0.0000162. The Morgan fingerprint density at radius 1 is 0.421 bits per heavy atom. The van der Waals surface area contributed by atoms with E-state index in [9.17, 15) is 0 Å². The quantitative estimate of drug-likeness (QED) is 0.0291. The summed E-state index contributed by atoms with van der Waals surface area (Å²) in [4.78, 5) is 10.2. The number of para-hydroxylation sites is 2. The van der Waals surface area contributed by atoms with Gasteiger partial charge in [0, 0.05) is 48.4 Å². The third kappa shape index (κ3) is 30.1. The summed E-state index contributed by atoms with van der Waals surface area (Å²) in [6.07, 6.45) is 43.9. The number of aliphatic imine (C=N–C) groups is 2. The number of rotatable bonds is 34. The van der Waals surface area contributed by atoms with Gasteiger partial charge in [-0.05, 0) is 74.6 Å². The number of hydrogen-bond donors (Lipinski definition) is 0. The number of benzene rings is 2. The van der Waals surface area contributed by atoms with Crippen LogP contribution in [0.2, 0.25) is 0 Å². The van der Waals surface area contributed by atoms with E-state index in [2.05, 4.69) is 93.0 Å². The van der Waals surface area contributed by atoms with Gasteiger partial charge in [0.1, 0.15) is 0 Å². The summed E-state index contributed by atoms with van der Waals surface area (Å²) < 4.78 is 0. The molecule has 0 saturated heterocycles. The summed E-state index contributed by atoms with van der Waals surface area (Å²) in [5, 5.41) is 0. The van der Waals surface area contributed by atoms with Crippen LogP contribution in [-0.2, 0) is 29.3 Å². The van der Waals surface area contributed by atoms with Gasteiger partial charge in [-0.3, -0.25) is 9.98 Å². The fourth-order valence-corrected chi connectivity index (χ4v) is 7.33. The van der Waals surface area contributed by atoms with Crippen molar-refractivity contribution in [2.45, 2.75) is 233 Å². The molecule has 2 rings (SSSR count). The maximum Gasteiger partial charge on any atom is 0.0665 e. The number of nitrogens with zero attached hydrogens (tertiary/aromatic N) is 2. The van der Waals surface area contributed by atoms with Gasteiger partial charge in [-0.1, -0.05) is 192 Å². The predicted molar refractivity (Wildman–Crippen MR) is 251 cm³/mol. The van der Waals surface area contributed by atoms with Crippen LogP contribution in [0.3, 0.4) is 0 Å². The Hall–Kier alpha value is -2.61. The van der Waals surface area contributed by atoms with E-state index in [1.165, 1.54) is 152 Å². The second-order valence-electron chi connectivity index (χ2n) is 16.2. The van der Waals surface area contributed by atoms with Crippen molar-refractivity contribution in [2.75, 3.05) is 0 Å². The van der Waals surface area contributed by atoms with E-state index in [4.69, 9.17) is 9.98 Å². The summed E-state index contributed by atoms with van der Waals surface area (Å²) in [6.45, 7) is 6.83. The molecule has 0 N–H and O–H groups in total. The van der Waals surface area contributed by atoms with Crippen LogP contribution in [0.25, 0.3) is 0 Å². The molecule has 0 aliphatic heterocycles. The molecule has 0 aliphatic carbocycles. The van der Waals surface area contributed by atoms with Crippen molar-refractivity contribution < 1.29 is 16.5 Å². The van der Waals surface area contributed by atoms with Gasteiger partial charge in [0.25, 0.3) is 0 Å². The summed E-state index contributed by atoms with van der Waals surface area (Å²) in [5.74, 6) is 13.8. The molecule has 2 aromatic carbocycles. The maximum atomic E-state index is 5.19. The van der Waals surface area contributed by atoms with Gasteiger partial charge < -0.3 is 0 Å². The molecule has 0 unspecified atom stereocenters. The van der Waals surface area contributed by atoms with Crippen molar-refractivity contribution >= 4 is 23.3 Å².